The van der Waals surface area contributed by atoms with Crippen LogP contribution in [0.25, 0.3) is 17.2 Å². The van der Waals surface area contributed by atoms with Gasteiger partial charge in [-0.3, -0.25) is 0 Å². The lowest BCUT2D eigenvalue weighted by molar-refractivity contribution is 0.228. The van der Waals surface area contributed by atoms with Crippen LogP contribution in [0.3, 0.4) is 0 Å². The smallest absolute Gasteiger partial charge is 0.127 e. The Kier molecular flexibility index (Phi) is 12.0. The van der Waals surface area contributed by atoms with Gasteiger partial charge in [0.1, 0.15) is 11.5 Å². The number of benzene rings is 2. The highest BCUT2D eigenvalue weighted by Gasteiger charge is 2.15. The van der Waals surface area contributed by atoms with Crippen molar-refractivity contribution in [1.29, 1.82) is 0 Å². The Morgan fingerprint density at radius 2 is 1.41 bits per heavy atom. The van der Waals surface area contributed by atoms with Crippen molar-refractivity contribution in [3.63, 3.8) is 0 Å². The van der Waals surface area contributed by atoms with Crippen molar-refractivity contribution in [3.8, 4) is 22.6 Å². The largest absolute Gasteiger partial charge is 0.493 e. The van der Waals surface area contributed by atoms with E-state index < -0.39 is 0 Å². The molecule has 2 atom stereocenters. The van der Waals surface area contributed by atoms with Gasteiger partial charge in [-0.15, -0.1) is 0 Å². The van der Waals surface area contributed by atoms with Crippen molar-refractivity contribution in [1.82, 2.24) is 0 Å². The van der Waals surface area contributed by atoms with Crippen LogP contribution in [0.2, 0.25) is 0 Å². The molecule has 2 aromatic carbocycles. The molecule has 2 aromatic rings. The zero-order valence-corrected chi connectivity index (χ0v) is 20.9. The molecule has 0 fully saturated rings. The van der Waals surface area contributed by atoms with Crippen molar-refractivity contribution in [2.75, 3.05) is 13.2 Å². The molecular weight excluding hydrogens is 392 g/mol. The zero-order valence-electron chi connectivity index (χ0n) is 20.9. The molecule has 0 saturated carbocycles. The van der Waals surface area contributed by atoms with Gasteiger partial charge < -0.3 is 9.47 Å². The SMILES string of the molecule is C=Cc1ccccc1-c1cc(OCC(CC)CCCC)ccc1OCC(CC)CCCC. The summed E-state index contributed by atoms with van der Waals surface area (Å²) in [5.74, 6) is 3.05. The molecular formula is C30H44O2. The molecule has 2 heteroatoms. The molecule has 0 bridgehead atoms. The fraction of sp³-hybridized carbons (Fsp3) is 0.533. The van der Waals surface area contributed by atoms with E-state index in [1.54, 1.807) is 0 Å². The number of rotatable bonds is 16. The van der Waals surface area contributed by atoms with Gasteiger partial charge in [-0.05, 0) is 54.0 Å². The highest BCUT2D eigenvalue weighted by Crippen LogP contribution is 2.36. The third-order valence-electron chi connectivity index (χ3n) is 6.47. The molecule has 2 nitrogen and oxygen atoms in total. The highest BCUT2D eigenvalue weighted by molar-refractivity contribution is 5.79. The van der Waals surface area contributed by atoms with Crippen LogP contribution in [0.5, 0.6) is 11.5 Å². The molecule has 0 spiro atoms. The highest BCUT2D eigenvalue weighted by atomic mass is 16.5. The van der Waals surface area contributed by atoms with Crippen molar-refractivity contribution in [3.05, 3.63) is 54.6 Å². The van der Waals surface area contributed by atoms with Gasteiger partial charge in [-0.2, -0.15) is 0 Å². The second-order valence-electron chi connectivity index (χ2n) is 8.90. The van der Waals surface area contributed by atoms with Crippen LogP contribution < -0.4 is 9.47 Å². The summed E-state index contributed by atoms with van der Waals surface area (Å²) in [6, 6.07) is 14.7. The summed E-state index contributed by atoms with van der Waals surface area (Å²) in [4.78, 5) is 0. The fourth-order valence-electron chi connectivity index (χ4n) is 4.07. The summed E-state index contributed by atoms with van der Waals surface area (Å²) >= 11 is 0. The van der Waals surface area contributed by atoms with Crippen molar-refractivity contribution < 1.29 is 9.47 Å². The molecule has 0 saturated heterocycles. The molecule has 0 aliphatic heterocycles. The molecule has 0 aromatic heterocycles. The Balaban J connectivity index is 2.26. The summed E-state index contributed by atoms with van der Waals surface area (Å²) in [5.41, 5.74) is 3.34. The molecule has 0 N–H and O–H groups in total. The summed E-state index contributed by atoms with van der Waals surface area (Å²) in [5, 5.41) is 0. The van der Waals surface area contributed by atoms with Gasteiger partial charge in [0.15, 0.2) is 0 Å². The van der Waals surface area contributed by atoms with Crippen molar-refractivity contribution >= 4 is 6.08 Å². The van der Waals surface area contributed by atoms with E-state index in [1.807, 2.05) is 6.08 Å². The third kappa shape index (κ3) is 8.04. The van der Waals surface area contributed by atoms with Crippen molar-refractivity contribution in [2.24, 2.45) is 11.8 Å². The molecule has 2 rings (SSSR count). The van der Waals surface area contributed by atoms with E-state index in [2.05, 4.69) is 76.7 Å². The minimum atomic E-state index is 0.595. The minimum Gasteiger partial charge on any atom is -0.493 e. The number of hydrogen-bond donors (Lipinski definition) is 0. The van der Waals surface area contributed by atoms with Crippen LogP contribution in [0.1, 0.15) is 84.6 Å². The molecule has 0 aliphatic rings. The first kappa shape index (κ1) is 26.0. The summed E-state index contributed by atoms with van der Waals surface area (Å²) < 4.78 is 12.7. The quantitative estimate of drug-likeness (QED) is 0.261. The van der Waals surface area contributed by atoms with Crippen LogP contribution in [0, 0.1) is 11.8 Å². The van der Waals surface area contributed by atoms with Crippen LogP contribution in [0.4, 0.5) is 0 Å². The van der Waals surface area contributed by atoms with Crippen LogP contribution in [-0.4, -0.2) is 13.2 Å². The summed E-state index contributed by atoms with van der Waals surface area (Å²) in [7, 11) is 0. The molecule has 32 heavy (non-hydrogen) atoms. The predicted octanol–water partition coefficient (Wildman–Crippen LogP) is 9.19. The van der Waals surface area contributed by atoms with E-state index >= 15 is 0 Å². The van der Waals surface area contributed by atoms with Gasteiger partial charge in [-0.25, -0.2) is 0 Å². The van der Waals surface area contributed by atoms with E-state index in [-0.39, 0.29) is 0 Å². The molecule has 2 unspecified atom stereocenters. The Morgan fingerprint density at radius 3 is 2.00 bits per heavy atom. The number of unbranched alkanes of at least 4 members (excludes halogenated alkanes) is 2. The van der Waals surface area contributed by atoms with Gasteiger partial charge in [-0.1, -0.05) is 103 Å². The van der Waals surface area contributed by atoms with E-state index in [9.17, 15) is 0 Å². The van der Waals surface area contributed by atoms with E-state index in [0.29, 0.717) is 11.8 Å². The van der Waals surface area contributed by atoms with Gasteiger partial charge in [0, 0.05) is 5.56 Å². The van der Waals surface area contributed by atoms with Crippen LogP contribution in [0.15, 0.2) is 49.0 Å². The lowest BCUT2D eigenvalue weighted by atomic mass is 9.98. The Hall–Kier alpha value is -2.22. The maximum Gasteiger partial charge on any atom is 0.127 e. The molecule has 0 heterocycles. The monoisotopic (exact) mass is 436 g/mol. The second kappa shape index (κ2) is 14.8. The van der Waals surface area contributed by atoms with Gasteiger partial charge in [0.05, 0.1) is 13.2 Å². The lowest BCUT2D eigenvalue weighted by Gasteiger charge is -2.20. The zero-order chi connectivity index (χ0) is 23.2. The van der Waals surface area contributed by atoms with E-state index in [4.69, 9.17) is 9.47 Å². The lowest BCUT2D eigenvalue weighted by Crippen LogP contribution is -2.12. The number of ether oxygens (including phenoxy) is 2. The van der Waals surface area contributed by atoms with E-state index in [1.165, 1.54) is 38.5 Å². The normalized spacial score (nSPS) is 12.9. The number of hydrogen-bond acceptors (Lipinski definition) is 2. The average molecular weight is 437 g/mol. The molecule has 176 valence electrons. The van der Waals surface area contributed by atoms with Gasteiger partial charge in [0.2, 0.25) is 0 Å². The Bertz CT molecular complexity index is 795. The Labute approximate surface area is 197 Å². The predicted molar refractivity (Wildman–Crippen MR) is 140 cm³/mol. The summed E-state index contributed by atoms with van der Waals surface area (Å²) in [6.45, 7) is 14.6. The molecule has 0 aliphatic carbocycles. The standard InChI is InChI=1S/C30H44O2/c1-6-11-15-24(8-3)22-31-27-19-20-30(32-23-25(9-4)16-12-7-2)29(21-27)28-18-14-13-17-26(28)10-5/h10,13-14,17-21,24-25H,5-9,11-12,15-16,22-23H2,1-4H3. The third-order valence-corrected chi connectivity index (χ3v) is 6.47. The summed E-state index contributed by atoms with van der Waals surface area (Å²) in [6.07, 6.45) is 11.7. The first-order valence-electron chi connectivity index (χ1n) is 12.8. The maximum atomic E-state index is 6.41. The first-order chi connectivity index (χ1) is 15.7. The molecule has 0 radical (unpaired) electrons. The topological polar surface area (TPSA) is 18.5 Å². The maximum absolute atomic E-state index is 6.41. The van der Waals surface area contributed by atoms with Gasteiger partial charge in [0.25, 0.3) is 0 Å². The van der Waals surface area contributed by atoms with E-state index in [0.717, 1.165) is 54.2 Å². The van der Waals surface area contributed by atoms with Crippen LogP contribution >= 0.6 is 0 Å². The fourth-order valence-corrected chi connectivity index (χ4v) is 4.07. The van der Waals surface area contributed by atoms with Gasteiger partial charge >= 0.3 is 0 Å². The Morgan fingerprint density at radius 1 is 0.781 bits per heavy atom. The minimum absolute atomic E-state index is 0.595. The first-order valence-corrected chi connectivity index (χ1v) is 12.8. The second-order valence-corrected chi connectivity index (χ2v) is 8.90. The molecule has 0 amide bonds. The average Bonchev–Trinajstić information content (AvgIpc) is 2.84. The van der Waals surface area contributed by atoms with Crippen molar-refractivity contribution in [2.45, 2.75) is 79.1 Å². The van der Waals surface area contributed by atoms with Crippen LogP contribution in [-0.2, 0) is 0 Å².